The van der Waals surface area contributed by atoms with E-state index in [4.69, 9.17) is 0 Å². The maximum absolute atomic E-state index is 3.31. The normalized spacial score (nSPS) is 12.3. The standard InChI is InChI=1S/C14H9N/c1-15-13-5-3-2-4-10(13)11-7-6-9-8-12(9)14(11)15/h2-7H,1H3. The van der Waals surface area contributed by atoms with E-state index in [-0.39, 0.29) is 0 Å². The number of aromatic nitrogens is 1. The lowest BCUT2D eigenvalue weighted by Gasteiger charge is -1.94. The monoisotopic (exact) mass is 191 g/mol. The van der Waals surface area contributed by atoms with Crippen LogP contribution in [0.2, 0.25) is 0 Å². The molecule has 3 aromatic rings. The average molecular weight is 191 g/mol. The fraction of sp³-hybridized carbons (Fsp3) is 0.0714. The minimum Gasteiger partial charge on any atom is -0.343 e. The first-order valence-electron chi connectivity index (χ1n) is 5.13. The third-order valence-electron chi connectivity index (χ3n) is 3.27. The van der Waals surface area contributed by atoms with Crippen LogP contribution in [0.4, 0.5) is 0 Å². The van der Waals surface area contributed by atoms with Gasteiger partial charge in [-0.3, -0.25) is 0 Å². The largest absolute Gasteiger partial charge is 0.343 e. The van der Waals surface area contributed by atoms with Crippen LogP contribution in [-0.4, -0.2) is 4.57 Å². The van der Waals surface area contributed by atoms with Gasteiger partial charge in [0.1, 0.15) is 0 Å². The molecule has 4 rings (SSSR count). The molecule has 0 saturated heterocycles. The quantitative estimate of drug-likeness (QED) is 0.396. The molecule has 0 atom stereocenters. The molecule has 1 heteroatoms. The van der Waals surface area contributed by atoms with Crippen LogP contribution in [0.3, 0.4) is 0 Å². The lowest BCUT2D eigenvalue weighted by atomic mass is 10.2. The summed E-state index contributed by atoms with van der Waals surface area (Å²) in [5.74, 6) is 0. The number of hydrogen-bond acceptors (Lipinski definition) is 0. The van der Waals surface area contributed by atoms with Crippen LogP contribution in [0, 0.1) is 0 Å². The predicted molar refractivity (Wildman–Crippen MR) is 62.2 cm³/mol. The van der Waals surface area contributed by atoms with Gasteiger partial charge in [0.15, 0.2) is 0 Å². The molecule has 0 unspecified atom stereocenters. The summed E-state index contributed by atoms with van der Waals surface area (Å²) in [4.78, 5) is 0. The van der Waals surface area contributed by atoms with Crippen LogP contribution in [0.15, 0.2) is 36.4 Å². The van der Waals surface area contributed by atoms with Crippen molar-refractivity contribution >= 4 is 27.5 Å². The Morgan fingerprint density at radius 2 is 1.87 bits per heavy atom. The molecule has 0 spiro atoms. The second-order valence-electron chi connectivity index (χ2n) is 4.09. The van der Waals surface area contributed by atoms with Crippen molar-refractivity contribution < 1.29 is 0 Å². The van der Waals surface area contributed by atoms with E-state index in [0.717, 1.165) is 0 Å². The highest BCUT2D eigenvalue weighted by atomic mass is 14.9. The van der Waals surface area contributed by atoms with E-state index in [1.165, 1.54) is 32.2 Å². The van der Waals surface area contributed by atoms with Crippen molar-refractivity contribution in [1.82, 2.24) is 4.57 Å². The third-order valence-corrected chi connectivity index (χ3v) is 3.27. The summed E-state index contributed by atoms with van der Waals surface area (Å²) in [5.41, 5.74) is 5.94. The Morgan fingerprint density at radius 1 is 1.00 bits per heavy atom. The zero-order valence-electron chi connectivity index (χ0n) is 8.41. The molecule has 0 bridgehead atoms. The van der Waals surface area contributed by atoms with Crippen LogP contribution in [0.25, 0.3) is 27.5 Å². The summed E-state index contributed by atoms with van der Waals surface area (Å²) >= 11 is 0. The fourth-order valence-corrected chi connectivity index (χ4v) is 2.48. The van der Waals surface area contributed by atoms with E-state index in [9.17, 15) is 0 Å². The van der Waals surface area contributed by atoms with E-state index in [0.29, 0.717) is 0 Å². The molecular weight excluding hydrogens is 182 g/mol. The van der Waals surface area contributed by atoms with Gasteiger partial charge in [-0.25, -0.2) is 0 Å². The molecule has 0 amide bonds. The van der Waals surface area contributed by atoms with Crippen molar-refractivity contribution in [2.75, 3.05) is 0 Å². The SMILES string of the molecule is Cn1c2ccccc2c2ccc3c(c21)=C=3. The van der Waals surface area contributed by atoms with Gasteiger partial charge in [0.2, 0.25) is 0 Å². The van der Waals surface area contributed by atoms with Crippen molar-refractivity contribution in [3.8, 4) is 0 Å². The molecular formula is C14H9N. The molecule has 0 fully saturated rings. The van der Waals surface area contributed by atoms with E-state index in [2.05, 4.69) is 53.7 Å². The maximum atomic E-state index is 3.31. The van der Waals surface area contributed by atoms with Gasteiger partial charge in [0.25, 0.3) is 0 Å². The highest BCUT2D eigenvalue weighted by Crippen LogP contribution is 2.25. The molecule has 0 saturated carbocycles. The van der Waals surface area contributed by atoms with Gasteiger partial charge in [0, 0.05) is 28.6 Å². The minimum absolute atomic E-state index is 1.27. The van der Waals surface area contributed by atoms with Gasteiger partial charge in [0.05, 0.1) is 10.7 Å². The molecule has 1 aromatic heterocycles. The number of nitrogens with zero attached hydrogens (tertiary/aromatic N) is 1. The molecule has 2 aromatic carbocycles. The predicted octanol–water partition coefficient (Wildman–Crippen LogP) is 1.40. The van der Waals surface area contributed by atoms with Crippen molar-refractivity contribution in [1.29, 1.82) is 0 Å². The van der Waals surface area contributed by atoms with Crippen molar-refractivity contribution in [2.24, 2.45) is 7.05 Å². The number of para-hydroxylation sites is 1. The van der Waals surface area contributed by atoms with Crippen molar-refractivity contribution in [3.63, 3.8) is 0 Å². The Hall–Kier alpha value is -1.98. The van der Waals surface area contributed by atoms with E-state index >= 15 is 0 Å². The third kappa shape index (κ3) is 0.754. The summed E-state index contributed by atoms with van der Waals surface area (Å²) in [5, 5.41) is 5.25. The zero-order valence-corrected chi connectivity index (χ0v) is 8.41. The molecule has 0 radical (unpaired) electrons. The highest BCUT2D eigenvalue weighted by molar-refractivity contribution is 6.08. The smallest absolute Gasteiger partial charge is 0.0654 e. The zero-order chi connectivity index (χ0) is 9.99. The number of rotatable bonds is 0. The summed E-state index contributed by atoms with van der Waals surface area (Å²) < 4.78 is 2.27. The first kappa shape index (κ1) is 7.33. The van der Waals surface area contributed by atoms with Gasteiger partial charge >= 0.3 is 0 Å². The van der Waals surface area contributed by atoms with Crippen LogP contribution in [-0.2, 0) is 7.05 Å². The van der Waals surface area contributed by atoms with E-state index in [1.54, 1.807) is 0 Å². The molecule has 70 valence electrons. The van der Waals surface area contributed by atoms with Crippen LogP contribution in [0.1, 0.15) is 0 Å². The van der Waals surface area contributed by atoms with E-state index < -0.39 is 0 Å². The number of hydrogen-bond donors (Lipinski definition) is 0. The van der Waals surface area contributed by atoms with Crippen molar-refractivity contribution in [3.05, 3.63) is 46.8 Å². The Labute approximate surface area is 86.6 Å². The summed E-state index contributed by atoms with van der Waals surface area (Å²) in [6.45, 7) is 0. The number of fused-ring (bicyclic) bond motifs is 5. The van der Waals surface area contributed by atoms with Gasteiger partial charge in [-0.2, -0.15) is 0 Å². The van der Waals surface area contributed by atoms with Gasteiger partial charge in [-0.05, 0) is 12.1 Å². The molecule has 1 heterocycles. The Kier molecular flexibility index (Phi) is 1.05. The second kappa shape index (κ2) is 2.16. The summed E-state index contributed by atoms with van der Waals surface area (Å²) in [6, 6.07) is 12.9. The summed E-state index contributed by atoms with van der Waals surface area (Å²) in [6.07, 6.45) is 0. The molecule has 0 aliphatic heterocycles. The minimum atomic E-state index is 1.27. The Morgan fingerprint density at radius 3 is 2.80 bits per heavy atom. The van der Waals surface area contributed by atoms with Gasteiger partial charge in [-0.15, -0.1) is 5.73 Å². The lowest BCUT2D eigenvalue weighted by molar-refractivity contribution is 1.01. The van der Waals surface area contributed by atoms with Crippen LogP contribution in [0.5, 0.6) is 0 Å². The molecule has 0 N–H and O–H groups in total. The average Bonchev–Trinajstić information content (AvgIpc) is 3.01. The second-order valence-corrected chi connectivity index (χ2v) is 4.09. The maximum Gasteiger partial charge on any atom is 0.0654 e. The van der Waals surface area contributed by atoms with E-state index in [1.807, 2.05) is 0 Å². The van der Waals surface area contributed by atoms with Crippen LogP contribution < -0.4 is 10.4 Å². The van der Waals surface area contributed by atoms with Gasteiger partial charge in [-0.1, -0.05) is 24.3 Å². The topological polar surface area (TPSA) is 4.93 Å². The first-order chi connectivity index (χ1) is 7.36. The molecule has 1 aliphatic rings. The fourth-order valence-electron chi connectivity index (χ4n) is 2.48. The van der Waals surface area contributed by atoms with Crippen molar-refractivity contribution in [2.45, 2.75) is 0 Å². The van der Waals surface area contributed by atoms with Crippen LogP contribution >= 0.6 is 0 Å². The Balaban J connectivity index is 2.46. The number of aryl methyl sites for hydroxylation is 1. The summed E-state index contributed by atoms with van der Waals surface area (Å²) in [7, 11) is 2.13. The number of benzene rings is 2. The molecule has 1 aliphatic carbocycles. The lowest BCUT2D eigenvalue weighted by Crippen LogP contribution is -2.09. The molecule has 1 nitrogen and oxygen atoms in total. The highest BCUT2D eigenvalue weighted by Gasteiger charge is 2.11. The first-order valence-corrected chi connectivity index (χ1v) is 5.13. The molecule has 15 heavy (non-hydrogen) atoms. The Bertz CT molecular complexity index is 846. The van der Waals surface area contributed by atoms with Gasteiger partial charge < -0.3 is 4.57 Å².